The Kier molecular flexibility index (Phi) is 7.27. The van der Waals surface area contributed by atoms with Gasteiger partial charge in [0.05, 0.1) is 29.5 Å². The van der Waals surface area contributed by atoms with Crippen LogP contribution in [0.4, 0.5) is 5.69 Å². The van der Waals surface area contributed by atoms with E-state index in [9.17, 15) is 18.0 Å². The Morgan fingerprint density at radius 1 is 1.05 bits per heavy atom. The van der Waals surface area contributed by atoms with Crippen LogP contribution >= 0.6 is 0 Å². The minimum Gasteiger partial charge on any atom is -0.383 e. The molecular weight excluding hydrogens is 490 g/mol. The van der Waals surface area contributed by atoms with Gasteiger partial charge in [-0.2, -0.15) is 0 Å². The number of likely N-dealkylation sites (tertiary alicyclic amines) is 1. The maximum Gasteiger partial charge on any atom is 0.251 e. The molecule has 2 fully saturated rings. The number of fused-ring (bicyclic) bond motifs is 3. The maximum absolute atomic E-state index is 14.1. The van der Waals surface area contributed by atoms with E-state index < -0.39 is 9.84 Å². The first-order valence-electron chi connectivity index (χ1n) is 13.0. The molecule has 9 heteroatoms. The molecule has 198 valence electrons. The second-order valence-corrected chi connectivity index (χ2v) is 12.5. The van der Waals surface area contributed by atoms with Gasteiger partial charge in [-0.15, -0.1) is 0 Å². The van der Waals surface area contributed by atoms with Crippen LogP contribution in [0.15, 0.2) is 53.4 Å². The fourth-order valence-electron chi connectivity index (χ4n) is 6.34. The van der Waals surface area contributed by atoms with E-state index in [1.807, 2.05) is 17.0 Å². The number of ether oxygens (including phenoxy) is 1. The highest BCUT2D eigenvalue weighted by Gasteiger charge is 2.48. The first-order valence-corrected chi connectivity index (χ1v) is 14.9. The summed E-state index contributed by atoms with van der Waals surface area (Å²) in [4.78, 5) is 29.3. The van der Waals surface area contributed by atoms with E-state index in [0.717, 1.165) is 49.6 Å². The Labute approximate surface area is 218 Å². The van der Waals surface area contributed by atoms with Gasteiger partial charge in [-0.1, -0.05) is 31.0 Å². The summed E-state index contributed by atoms with van der Waals surface area (Å²) in [5, 5.41) is 6.72. The third kappa shape index (κ3) is 5.11. The van der Waals surface area contributed by atoms with Crippen LogP contribution in [0.1, 0.15) is 54.1 Å². The standard InChI is InChI=1S/C28H35N3O5S/c1-36-17-25-21-15-16-31(26(21)20-7-3-5-9-23(20)29-25)28(33)22-8-4-6-10-24(22)30-27(32)18-11-13-19(14-12-18)37(2,34)35/h3,5,7,9,11-14,21-22,24-26,29H,4,6,8,10,15-17H2,1-2H3,(H,30,32)/t21-,22+,24-,25+,26+/m1/s1. The Hall–Kier alpha value is -2.91. The highest BCUT2D eigenvalue weighted by molar-refractivity contribution is 7.90. The van der Waals surface area contributed by atoms with Gasteiger partial charge in [0, 0.05) is 43.1 Å². The largest absolute Gasteiger partial charge is 0.383 e. The maximum atomic E-state index is 14.1. The molecule has 1 saturated heterocycles. The average Bonchev–Trinajstić information content (AvgIpc) is 3.34. The van der Waals surface area contributed by atoms with E-state index in [1.165, 1.54) is 24.3 Å². The summed E-state index contributed by atoms with van der Waals surface area (Å²) in [5.41, 5.74) is 2.59. The van der Waals surface area contributed by atoms with Crippen LogP contribution in [0, 0.1) is 11.8 Å². The summed E-state index contributed by atoms with van der Waals surface area (Å²) in [6.07, 6.45) is 5.44. The molecule has 1 aliphatic carbocycles. The number of methoxy groups -OCH3 is 1. The summed E-state index contributed by atoms with van der Waals surface area (Å²) >= 11 is 0. The van der Waals surface area contributed by atoms with Crippen molar-refractivity contribution in [1.82, 2.24) is 10.2 Å². The van der Waals surface area contributed by atoms with E-state index in [1.54, 1.807) is 7.11 Å². The Bertz CT molecular complexity index is 1260. The first kappa shape index (κ1) is 25.7. The zero-order valence-corrected chi connectivity index (χ0v) is 22.2. The van der Waals surface area contributed by atoms with Gasteiger partial charge in [-0.05, 0) is 55.2 Å². The number of anilines is 1. The van der Waals surface area contributed by atoms with Crippen molar-refractivity contribution in [3.63, 3.8) is 0 Å². The molecule has 0 radical (unpaired) electrons. The van der Waals surface area contributed by atoms with Gasteiger partial charge in [-0.25, -0.2) is 8.42 Å². The van der Waals surface area contributed by atoms with Crippen LogP contribution in [-0.4, -0.2) is 63.7 Å². The van der Waals surface area contributed by atoms with Crippen molar-refractivity contribution >= 4 is 27.3 Å². The summed E-state index contributed by atoms with van der Waals surface area (Å²) in [7, 11) is -1.63. The smallest absolute Gasteiger partial charge is 0.251 e. The summed E-state index contributed by atoms with van der Waals surface area (Å²) in [6.45, 7) is 1.27. The molecular formula is C28H35N3O5S. The van der Waals surface area contributed by atoms with Crippen LogP contribution < -0.4 is 10.6 Å². The lowest BCUT2D eigenvalue weighted by Crippen LogP contribution is -2.50. The number of benzene rings is 2. The molecule has 5 rings (SSSR count). The quantitative estimate of drug-likeness (QED) is 0.599. The van der Waals surface area contributed by atoms with Crippen molar-refractivity contribution in [2.45, 2.75) is 55.1 Å². The van der Waals surface area contributed by atoms with Crippen LogP contribution in [-0.2, 0) is 19.4 Å². The van der Waals surface area contributed by atoms with Gasteiger partial charge >= 0.3 is 0 Å². The molecule has 3 aliphatic rings. The predicted molar refractivity (Wildman–Crippen MR) is 141 cm³/mol. The van der Waals surface area contributed by atoms with E-state index in [-0.39, 0.29) is 46.7 Å². The van der Waals surface area contributed by atoms with Crippen molar-refractivity contribution < 1.29 is 22.7 Å². The molecule has 0 aromatic heterocycles. The number of rotatable bonds is 6. The van der Waals surface area contributed by atoms with Gasteiger partial charge in [0.2, 0.25) is 5.91 Å². The summed E-state index contributed by atoms with van der Waals surface area (Å²) in [5.74, 6) is -0.187. The average molecular weight is 526 g/mol. The number of nitrogens with one attached hydrogen (secondary N) is 2. The van der Waals surface area contributed by atoms with E-state index in [0.29, 0.717) is 18.7 Å². The number of hydrogen-bond donors (Lipinski definition) is 2. The van der Waals surface area contributed by atoms with Gasteiger partial charge in [-0.3, -0.25) is 9.59 Å². The molecule has 5 atom stereocenters. The Morgan fingerprint density at radius 3 is 2.51 bits per heavy atom. The van der Waals surface area contributed by atoms with Crippen LogP contribution in [0.2, 0.25) is 0 Å². The monoisotopic (exact) mass is 525 g/mol. The van der Waals surface area contributed by atoms with Gasteiger partial charge in [0.15, 0.2) is 9.84 Å². The van der Waals surface area contributed by atoms with Crippen molar-refractivity contribution in [1.29, 1.82) is 0 Å². The number of amides is 2. The number of carbonyl (C=O) groups excluding carboxylic acids is 2. The third-order valence-electron chi connectivity index (χ3n) is 8.16. The number of hydrogen-bond acceptors (Lipinski definition) is 6. The fraction of sp³-hybridized carbons (Fsp3) is 0.500. The lowest BCUT2D eigenvalue weighted by molar-refractivity contribution is -0.139. The van der Waals surface area contributed by atoms with Crippen molar-refractivity contribution in [2.24, 2.45) is 11.8 Å². The molecule has 1 saturated carbocycles. The molecule has 2 aromatic rings. The molecule has 2 aromatic carbocycles. The first-order chi connectivity index (χ1) is 17.8. The minimum absolute atomic E-state index is 0.00749. The molecule has 2 heterocycles. The molecule has 0 bridgehead atoms. The predicted octanol–water partition coefficient (Wildman–Crippen LogP) is 3.41. The highest BCUT2D eigenvalue weighted by Crippen LogP contribution is 2.47. The fourth-order valence-corrected chi connectivity index (χ4v) is 6.97. The SMILES string of the molecule is COC[C@@H]1Nc2ccccc2[C@H]2[C@@H]1CCN2C(=O)[C@H]1CCCC[C@H]1NC(=O)c1ccc(S(C)(=O)=O)cc1. The van der Waals surface area contributed by atoms with Crippen molar-refractivity contribution in [3.8, 4) is 0 Å². The van der Waals surface area contributed by atoms with Gasteiger partial charge in [0.1, 0.15) is 0 Å². The number of sulfone groups is 1. The molecule has 2 amide bonds. The van der Waals surface area contributed by atoms with Crippen LogP contribution in [0.3, 0.4) is 0 Å². The molecule has 0 spiro atoms. The summed E-state index contributed by atoms with van der Waals surface area (Å²) < 4.78 is 29.0. The van der Waals surface area contributed by atoms with E-state index >= 15 is 0 Å². The second kappa shape index (κ2) is 10.5. The van der Waals surface area contributed by atoms with E-state index in [4.69, 9.17) is 4.74 Å². The highest BCUT2D eigenvalue weighted by atomic mass is 32.2. The zero-order chi connectivity index (χ0) is 26.2. The molecule has 2 aliphatic heterocycles. The lowest BCUT2D eigenvalue weighted by atomic mass is 9.81. The minimum atomic E-state index is -3.33. The van der Waals surface area contributed by atoms with Crippen molar-refractivity contribution in [2.75, 3.05) is 31.8 Å². The third-order valence-corrected chi connectivity index (χ3v) is 9.28. The molecule has 8 nitrogen and oxygen atoms in total. The van der Waals surface area contributed by atoms with Gasteiger partial charge < -0.3 is 20.3 Å². The molecule has 37 heavy (non-hydrogen) atoms. The Morgan fingerprint density at radius 2 is 1.78 bits per heavy atom. The normalized spacial score (nSPS) is 27.1. The van der Waals surface area contributed by atoms with Crippen molar-refractivity contribution in [3.05, 3.63) is 59.7 Å². The van der Waals surface area contributed by atoms with Gasteiger partial charge in [0.25, 0.3) is 5.91 Å². The number of para-hydroxylation sites is 1. The lowest BCUT2D eigenvalue weighted by Gasteiger charge is -2.41. The molecule has 0 unspecified atom stereocenters. The van der Waals surface area contributed by atoms with Crippen LogP contribution in [0.25, 0.3) is 0 Å². The zero-order valence-electron chi connectivity index (χ0n) is 21.4. The van der Waals surface area contributed by atoms with Crippen LogP contribution in [0.5, 0.6) is 0 Å². The number of nitrogens with zero attached hydrogens (tertiary/aromatic N) is 1. The Balaban J connectivity index is 1.35. The number of carbonyl (C=O) groups is 2. The summed E-state index contributed by atoms with van der Waals surface area (Å²) in [6, 6.07) is 14.0. The topological polar surface area (TPSA) is 105 Å². The van der Waals surface area contributed by atoms with E-state index in [2.05, 4.69) is 22.8 Å². The molecule has 2 N–H and O–H groups in total. The second-order valence-electron chi connectivity index (χ2n) is 10.5.